The quantitative estimate of drug-likeness (QED) is 0.604. The lowest BCUT2D eigenvalue weighted by molar-refractivity contribution is 0.0444. The van der Waals surface area contributed by atoms with E-state index in [1.807, 2.05) is 30.3 Å². The van der Waals surface area contributed by atoms with Gasteiger partial charge in [0.05, 0.1) is 6.33 Å². The number of carbonyl (C=O) groups excluding carboxylic acids is 1. The van der Waals surface area contributed by atoms with Crippen molar-refractivity contribution in [2.75, 3.05) is 19.8 Å². The van der Waals surface area contributed by atoms with Gasteiger partial charge in [-0.15, -0.1) is 0 Å². The molecule has 0 aliphatic heterocycles. The average Bonchev–Trinajstić information content (AvgIpc) is 2.94. The highest BCUT2D eigenvalue weighted by Crippen LogP contribution is 2.07. The Morgan fingerprint density at radius 1 is 1.25 bits per heavy atom. The largest absolute Gasteiger partial charge is 0.490 e. The molecule has 0 aliphatic carbocycles. The van der Waals surface area contributed by atoms with Crippen molar-refractivity contribution in [1.82, 2.24) is 9.55 Å². The second kappa shape index (κ2) is 7.30. The number of rotatable bonds is 7. The first-order valence-electron chi connectivity index (χ1n) is 6.36. The molecule has 1 heterocycles. The highest BCUT2D eigenvalue weighted by molar-refractivity contribution is 5.86. The number of nitrogens with two attached hydrogens (primary N) is 1. The molecule has 1 aromatic heterocycles. The summed E-state index contributed by atoms with van der Waals surface area (Å²) in [6, 6.07) is 9.36. The molecule has 2 N–H and O–H groups in total. The summed E-state index contributed by atoms with van der Waals surface area (Å²) in [6.45, 7) is 1.60. The van der Waals surface area contributed by atoms with Gasteiger partial charge >= 0.3 is 5.97 Å². The standard InChI is InChI=1S/C14H17N3O3/c15-6-7-17-10-13(16-11-17)14(18)20-9-8-19-12-4-2-1-3-5-12/h1-5,10-11H,6-9,15H2. The summed E-state index contributed by atoms with van der Waals surface area (Å²) in [5.74, 6) is 0.285. The molecule has 0 saturated carbocycles. The number of hydrogen-bond donors (Lipinski definition) is 1. The van der Waals surface area contributed by atoms with Crippen LogP contribution in [-0.4, -0.2) is 35.3 Å². The van der Waals surface area contributed by atoms with Crippen LogP contribution in [0.1, 0.15) is 10.5 Å². The van der Waals surface area contributed by atoms with Gasteiger partial charge in [-0.25, -0.2) is 9.78 Å². The number of hydrogen-bond acceptors (Lipinski definition) is 5. The third kappa shape index (κ3) is 4.10. The van der Waals surface area contributed by atoms with E-state index in [9.17, 15) is 4.79 Å². The van der Waals surface area contributed by atoms with Gasteiger partial charge in [-0.1, -0.05) is 18.2 Å². The maximum absolute atomic E-state index is 11.7. The number of carbonyl (C=O) groups is 1. The third-order valence-electron chi connectivity index (χ3n) is 2.56. The molecule has 0 bridgehead atoms. The smallest absolute Gasteiger partial charge is 0.358 e. The topological polar surface area (TPSA) is 79.4 Å². The van der Waals surface area contributed by atoms with Crippen molar-refractivity contribution in [1.29, 1.82) is 0 Å². The van der Waals surface area contributed by atoms with E-state index in [0.717, 1.165) is 5.75 Å². The van der Waals surface area contributed by atoms with Crippen LogP contribution < -0.4 is 10.5 Å². The number of aromatic nitrogens is 2. The summed E-state index contributed by atoms with van der Waals surface area (Å²) < 4.78 is 12.2. The molecule has 0 atom stereocenters. The predicted molar refractivity (Wildman–Crippen MR) is 73.5 cm³/mol. The first-order valence-corrected chi connectivity index (χ1v) is 6.36. The van der Waals surface area contributed by atoms with Crippen LogP contribution in [0.5, 0.6) is 5.75 Å². The van der Waals surface area contributed by atoms with Crippen LogP contribution in [0, 0.1) is 0 Å². The van der Waals surface area contributed by atoms with Crippen LogP contribution in [0.15, 0.2) is 42.9 Å². The molecule has 20 heavy (non-hydrogen) atoms. The van der Waals surface area contributed by atoms with Crippen molar-refractivity contribution in [2.24, 2.45) is 5.73 Å². The number of esters is 1. The van der Waals surface area contributed by atoms with Gasteiger partial charge in [-0.3, -0.25) is 0 Å². The Hall–Kier alpha value is -2.34. The van der Waals surface area contributed by atoms with Crippen LogP contribution in [0.3, 0.4) is 0 Å². The highest BCUT2D eigenvalue weighted by Gasteiger charge is 2.10. The highest BCUT2D eigenvalue weighted by atomic mass is 16.6. The first kappa shape index (κ1) is 14.1. The van der Waals surface area contributed by atoms with Crippen molar-refractivity contribution >= 4 is 5.97 Å². The van der Waals surface area contributed by atoms with Crippen LogP contribution >= 0.6 is 0 Å². The molecule has 0 saturated heterocycles. The summed E-state index contributed by atoms with van der Waals surface area (Å²) in [5.41, 5.74) is 5.69. The van der Waals surface area contributed by atoms with Crippen LogP contribution in [0.2, 0.25) is 0 Å². The van der Waals surface area contributed by atoms with Crippen molar-refractivity contribution < 1.29 is 14.3 Å². The van der Waals surface area contributed by atoms with Gasteiger partial charge in [-0.05, 0) is 12.1 Å². The minimum absolute atomic E-state index is 0.178. The summed E-state index contributed by atoms with van der Waals surface area (Å²) >= 11 is 0. The third-order valence-corrected chi connectivity index (χ3v) is 2.56. The zero-order chi connectivity index (χ0) is 14.2. The van der Waals surface area contributed by atoms with E-state index in [-0.39, 0.29) is 12.3 Å². The molecule has 6 heteroatoms. The molecule has 0 radical (unpaired) electrons. The van der Waals surface area contributed by atoms with Gasteiger partial charge in [0.15, 0.2) is 5.69 Å². The van der Waals surface area contributed by atoms with Gasteiger partial charge in [-0.2, -0.15) is 0 Å². The first-order chi connectivity index (χ1) is 9.79. The fourth-order valence-corrected chi connectivity index (χ4v) is 1.62. The lowest BCUT2D eigenvalue weighted by Crippen LogP contribution is -2.13. The van der Waals surface area contributed by atoms with E-state index in [1.165, 1.54) is 0 Å². The number of benzene rings is 1. The summed E-state index contributed by atoms with van der Waals surface area (Å²) in [6.07, 6.45) is 3.18. The Bertz CT molecular complexity index is 540. The Morgan fingerprint density at radius 2 is 2.05 bits per heavy atom. The molecular weight excluding hydrogens is 258 g/mol. The Labute approximate surface area is 117 Å². The van der Waals surface area contributed by atoms with Crippen LogP contribution in [0.25, 0.3) is 0 Å². The van der Waals surface area contributed by atoms with Crippen LogP contribution in [-0.2, 0) is 11.3 Å². The van der Waals surface area contributed by atoms with Crippen LogP contribution in [0.4, 0.5) is 0 Å². The number of imidazole rings is 1. The molecule has 0 amide bonds. The zero-order valence-electron chi connectivity index (χ0n) is 11.1. The number of ether oxygens (including phenoxy) is 2. The number of nitrogens with zero attached hydrogens (tertiary/aromatic N) is 2. The van der Waals surface area contributed by atoms with Gasteiger partial charge in [0, 0.05) is 19.3 Å². The molecule has 0 unspecified atom stereocenters. The van der Waals surface area contributed by atoms with E-state index in [2.05, 4.69) is 4.98 Å². The lowest BCUT2D eigenvalue weighted by Gasteiger charge is -2.06. The monoisotopic (exact) mass is 275 g/mol. The molecule has 106 valence electrons. The van der Waals surface area contributed by atoms with Crippen molar-refractivity contribution in [3.63, 3.8) is 0 Å². The molecule has 2 rings (SSSR count). The normalized spacial score (nSPS) is 10.2. The Morgan fingerprint density at radius 3 is 2.80 bits per heavy atom. The minimum atomic E-state index is -0.461. The Kier molecular flexibility index (Phi) is 5.14. The Balaban J connectivity index is 1.72. The van der Waals surface area contributed by atoms with Gasteiger partial charge in [0.25, 0.3) is 0 Å². The second-order valence-corrected chi connectivity index (χ2v) is 4.08. The molecule has 6 nitrogen and oxygen atoms in total. The molecular formula is C14H17N3O3. The fourth-order valence-electron chi connectivity index (χ4n) is 1.62. The molecule has 0 fully saturated rings. The van der Waals surface area contributed by atoms with Gasteiger partial charge in [0.1, 0.15) is 19.0 Å². The lowest BCUT2D eigenvalue weighted by atomic mass is 10.3. The fraction of sp³-hybridized carbons (Fsp3) is 0.286. The predicted octanol–water partition coefficient (Wildman–Crippen LogP) is 1.08. The second-order valence-electron chi connectivity index (χ2n) is 4.08. The van der Waals surface area contributed by atoms with E-state index in [0.29, 0.717) is 19.7 Å². The number of para-hydroxylation sites is 1. The van der Waals surface area contributed by atoms with Crippen molar-refractivity contribution in [2.45, 2.75) is 6.54 Å². The SMILES string of the molecule is NCCn1cnc(C(=O)OCCOc2ccccc2)c1. The average molecular weight is 275 g/mol. The molecule has 0 aliphatic rings. The molecule has 2 aromatic rings. The van der Waals surface area contributed by atoms with Gasteiger partial charge in [0.2, 0.25) is 0 Å². The summed E-state index contributed by atoms with van der Waals surface area (Å²) in [5, 5.41) is 0. The van der Waals surface area contributed by atoms with E-state index in [1.54, 1.807) is 17.1 Å². The molecule has 0 spiro atoms. The maximum atomic E-state index is 11.7. The van der Waals surface area contributed by atoms with Crippen molar-refractivity contribution in [3.05, 3.63) is 48.5 Å². The molecule has 1 aromatic carbocycles. The zero-order valence-corrected chi connectivity index (χ0v) is 11.1. The summed E-state index contributed by atoms with van der Waals surface area (Å²) in [4.78, 5) is 15.7. The van der Waals surface area contributed by atoms with Gasteiger partial charge < -0.3 is 19.8 Å². The van der Waals surface area contributed by atoms with Crippen molar-refractivity contribution in [3.8, 4) is 5.75 Å². The van der Waals surface area contributed by atoms with E-state index < -0.39 is 5.97 Å². The maximum Gasteiger partial charge on any atom is 0.358 e. The van der Waals surface area contributed by atoms with E-state index in [4.69, 9.17) is 15.2 Å². The van der Waals surface area contributed by atoms with E-state index >= 15 is 0 Å². The minimum Gasteiger partial charge on any atom is -0.490 e. The summed E-state index contributed by atoms with van der Waals surface area (Å²) in [7, 11) is 0.